The first-order chi connectivity index (χ1) is 6.23. The summed E-state index contributed by atoms with van der Waals surface area (Å²) in [5, 5.41) is 19.5. The largest absolute Gasteiger partial charge is 0.390 e. The van der Waals surface area contributed by atoms with E-state index in [0.717, 1.165) is 26.1 Å². The Morgan fingerprint density at radius 2 is 1.86 bits per heavy atom. The summed E-state index contributed by atoms with van der Waals surface area (Å²) in [6, 6.07) is 0. The van der Waals surface area contributed by atoms with E-state index < -0.39 is 11.2 Å². The van der Waals surface area contributed by atoms with E-state index in [1.807, 2.05) is 27.7 Å². The molecule has 0 aromatic carbocycles. The molecule has 1 aliphatic heterocycles. The summed E-state index contributed by atoms with van der Waals surface area (Å²) in [4.78, 5) is 2.19. The predicted octanol–water partition coefficient (Wildman–Crippen LogP) is 0.850. The predicted molar refractivity (Wildman–Crippen MR) is 57.1 cm³/mol. The topological polar surface area (TPSA) is 43.7 Å². The molecule has 0 saturated carbocycles. The Labute approximate surface area is 86.7 Å². The number of β-amino-alcohol motifs (C(OH)–C–C–N with tert-alkyl or cyclic N) is 1. The zero-order valence-electron chi connectivity index (χ0n) is 9.75. The van der Waals surface area contributed by atoms with E-state index in [1.54, 1.807) is 0 Å². The average Bonchev–Trinajstić information content (AvgIpc) is 1.93. The summed E-state index contributed by atoms with van der Waals surface area (Å²) in [6.45, 7) is 10.1. The van der Waals surface area contributed by atoms with E-state index >= 15 is 0 Å². The van der Waals surface area contributed by atoms with Crippen LogP contribution in [0.2, 0.25) is 0 Å². The average molecular weight is 201 g/mol. The second-order valence-corrected chi connectivity index (χ2v) is 5.53. The van der Waals surface area contributed by atoms with Crippen molar-refractivity contribution in [1.82, 2.24) is 4.90 Å². The molecule has 0 aliphatic carbocycles. The van der Waals surface area contributed by atoms with Crippen molar-refractivity contribution in [3.05, 3.63) is 0 Å². The quantitative estimate of drug-likeness (QED) is 0.708. The van der Waals surface area contributed by atoms with Gasteiger partial charge in [-0.15, -0.1) is 0 Å². The monoisotopic (exact) mass is 201 g/mol. The van der Waals surface area contributed by atoms with Crippen LogP contribution in [0.4, 0.5) is 0 Å². The fourth-order valence-electron chi connectivity index (χ4n) is 1.68. The van der Waals surface area contributed by atoms with Gasteiger partial charge in [-0.3, -0.25) is 4.90 Å². The normalized spacial score (nSPS) is 22.5. The van der Waals surface area contributed by atoms with Crippen LogP contribution in [-0.2, 0) is 0 Å². The van der Waals surface area contributed by atoms with Crippen LogP contribution < -0.4 is 0 Å². The van der Waals surface area contributed by atoms with Crippen molar-refractivity contribution >= 4 is 0 Å². The van der Waals surface area contributed by atoms with Crippen molar-refractivity contribution in [2.24, 2.45) is 5.92 Å². The first-order valence-electron chi connectivity index (χ1n) is 5.40. The highest BCUT2D eigenvalue weighted by Crippen LogP contribution is 2.28. The fourth-order valence-corrected chi connectivity index (χ4v) is 1.68. The lowest BCUT2D eigenvalue weighted by atomic mass is 9.82. The van der Waals surface area contributed by atoms with Gasteiger partial charge in [0.1, 0.15) is 0 Å². The van der Waals surface area contributed by atoms with E-state index in [4.69, 9.17) is 0 Å². The number of rotatable bonds is 4. The standard InChI is InChI=1S/C11H23NO2/c1-9(2)11(14)7-12(8-11)6-5-10(3,4)13/h9,13-14H,5-8H2,1-4H3. The van der Waals surface area contributed by atoms with Crippen LogP contribution in [0.1, 0.15) is 34.1 Å². The second kappa shape index (κ2) is 3.80. The second-order valence-electron chi connectivity index (χ2n) is 5.53. The third kappa shape index (κ3) is 2.94. The van der Waals surface area contributed by atoms with Crippen molar-refractivity contribution in [3.8, 4) is 0 Å². The van der Waals surface area contributed by atoms with Gasteiger partial charge in [0, 0.05) is 19.6 Å². The smallest absolute Gasteiger partial charge is 0.0922 e. The molecule has 1 fully saturated rings. The molecule has 0 amide bonds. The van der Waals surface area contributed by atoms with Gasteiger partial charge in [0.05, 0.1) is 11.2 Å². The Hall–Kier alpha value is -0.120. The minimum atomic E-state index is -0.592. The highest BCUT2D eigenvalue weighted by atomic mass is 16.3. The summed E-state index contributed by atoms with van der Waals surface area (Å²) >= 11 is 0. The van der Waals surface area contributed by atoms with Crippen molar-refractivity contribution < 1.29 is 10.2 Å². The lowest BCUT2D eigenvalue weighted by Gasteiger charge is -2.49. The first kappa shape index (κ1) is 12.0. The fraction of sp³-hybridized carbons (Fsp3) is 1.00. The Balaban J connectivity index is 2.22. The first-order valence-corrected chi connectivity index (χ1v) is 5.40. The van der Waals surface area contributed by atoms with Gasteiger partial charge in [-0.25, -0.2) is 0 Å². The van der Waals surface area contributed by atoms with Crippen molar-refractivity contribution in [2.75, 3.05) is 19.6 Å². The molecule has 0 spiro atoms. The van der Waals surface area contributed by atoms with E-state index in [-0.39, 0.29) is 0 Å². The molecule has 0 radical (unpaired) electrons. The van der Waals surface area contributed by atoms with E-state index in [9.17, 15) is 10.2 Å². The van der Waals surface area contributed by atoms with Gasteiger partial charge in [0.15, 0.2) is 0 Å². The van der Waals surface area contributed by atoms with Crippen LogP contribution in [0.3, 0.4) is 0 Å². The number of aliphatic hydroxyl groups is 2. The summed E-state index contributed by atoms with van der Waals surface area (Å²) in [5.41, 5.74) is -1.08. The highest BCUT2D eigenvalue weighted by molar-refractivity contribution is 4.97. The van der Waals surface area contributed by atoms with Gasteiger partial charge < -0.3 is 10.2 Å². The zero-order valence-corrected chi connectivity index (χ0v) is 9.75. The summed E-state index contributed by atoms with van der Waals surface area (Å²) in [7, 11) is 0. The Morgan fingerprint density at radius 3 is 2.21 bits per heavy atom. The molecule has 0 atom stereocenters. The molecule has 2 N–H and O–H groups in total. The number of hydrogen-bond donors (Lipinski definition) is 2. The molecule has 14 heavy (non-hydrogen) atoms. The minimum Gasteiger partial charge on any atom is -0.390 e. The van der Waals surface area contributed by atoms with Gasteiger partial charge in [0.2, 0.25) is 0 Å². The van der Waals surface area contributed by atoms with Crippen LogP contribution >= 0.6 is 0 Å². The van der Waals surface area contributed by atoms with Crippen molar-refractivity contribution in [2.45, 2.75) is 45.3 Å². The lowest BCUT2D eigenvalue weighted by Crippen LogP contribution is -2.64. The maximum atomic E-state index is 9.98. The Morgan fingerprint density at radius 1 is 1.36 bits per heavy atom. The number of nitrogens with zero attached hydrogens (tertiary/aromatic N) is 1. The molecular weight excluding hydrogens is 178 g/mol. The van der Waals surface area contributed by atoms with Gasteiger partial charge in [-0.1, -0.05) is 13.8 Å². The molecule has 0 aromatic heterocycles. The lowest BCUT2D eigenvalue weighted by molar-refractivity contribution is -0.131. The zero-order chi connectivity index (χ0) is 11.0. The highest BCUT2D eigenvalue weighted by Gasteiger charge is 2.43. The van der Waals surface area contributed by atoms with Gasteiger partial charge in [-0.2, -0.15) is 0 Å². The minimum absolute atomic E-state index is 0.320. The third-order valence-corrected chi connectivity index (χ3v) is 3.11. The number of hydrogen-bond acceptors (Lipinski definition) is 3. The molecule has 3 heteroatoms. The molecular formula is C11H23NO2. The molecule has 1 heterocycles. The summed E-state index contributed by atoms with van der Waals surface area (Å²) in [6.07, 6.45) is 0.765. The van der Waals surface area contributed by atoms with Gasteiger partial charge >= 0.3 is 0 Å². The molecule has 1 rings (SSSR count). The van der Waals surface area contributed by atoms with Crippen LogP contribution in [0.5, 0.6) is 0 Å². The van der Waals surface area contributed by atoms with Crippen LogP contribution in [0.25, 0.3) is 0 Å². The SMILES string of the molecule is CC(C)C1(O)CN(CCC(C)(C)O)C1. The third-order valence-electron chi connectivity index (χ3n) is 3.11. The van der Waals surface area contributed by atoms with Gasteiger partial charge in [0.25, 0.3) is 0 Å². The van der Waals surface area contributed by atoms with E-state index in [0.29, 0.717) is 5.92 Å². The van der Waals surface area contributed by atoms with Crippen molar-refractivity contribution in [3.63, 3.8) is 0 Å². The molecule has 0 bridgehead atoms. The van der Waals surface area contributed by atoms with Crippen LogP contribution in [0.15, 0.2) is 0 Å². The maximum Gasteiger partial charge on any atom is 0.0922 e. The maximum absolute atomic E-state index is 9.98. The molecule has 3 nitrogen and oxygen atoms in total. The molecule has 0 aromatic rings. The van der Waals surface area contributed by atoms with Crippen LogP contribution in [0, 0.1) is 5.92 Å². The van der Waals surface area contributed by atoms with E-state index in [2.05, 4.69) is 4.90 Å². The molecule has 84 valence electrons. The Bertz CT molecular complexity index is 190. The summed E-state index contributed by atoms with van der Waals surface area (Å²) in [5.74, 6) is 0.320. The molecule has 1 saturated heterocycles. The number of likely N-dealkylation sites (tertiary alicyclic amines) is 1. The van der Waals surface area contributed by atoms with Crippen molar-refractivity contribution in [1.29, 1.82) is 0 Å². The van der Waals surface area contributed by atoms with Gasteiger partial charge in [-0.05, 0) is 26.2 Å². The molecule has 1 aliphatic rings. The Kier molecular flexibility index (Phi) is 3.24. The summed E-state index contributed by atoms with van der Waals surface area (Å²) < 4.78 is 0. The van der Waals surface area contributed by atoms with E-state index in [1.165, 1.54) is 0 Å². The molecule has 0 unspecified atom stereocenters. The van der Waals surface area contributed by atoms with Crippen LogP contribution in [-0.4, -0.2) is 45.9 Å².